The SMILES string of the molecule is c1nsc2c1CNCC21CC1. The Labute approximate surface area is 69.8 Å². The van der Waals surface area contributed by atoms with Crippen LogP contribution < -0.4 is 5.32 Å². The first-order chi connectivity index (χ1) is 5.41. The average Bonchev–Trinajstić information content (AvgIpc) is 2.63. The lowest BCUT2D eigenvalue weighted by Gasteiger charge is -2.21. The molecule has 1 aliphatic heterocycles. The summed E-state index contributed by atoms with van der Waals surface area (Å²) in [7, 11) is 0. The predicted octanol–water partition coefficient (Wildman–Crippen LogP) is 1.28. The molecule has 0 amide bonds. The molecule has 1 aromatic rings. The molecule has 1 aromatic heterocycles. The van der Waals surface area contributed by atoms with Gasteiger partial charge >= 0.3 is 0 Å². The van der Waals surface area contributed by atoms with E-state index < -0.39 is 0 Å². The third kappa shape index (κ3) is 0.726. The van der Waals surface area contributed by atoms with Crippen molar-refractivity contribution in [2.24, 2.45) is 0 Å². The van der Waals surface area contributed by atoms with E-state index in [-0.39, 0.29) is 0 Å². The Morgan fingerprint density at radius 2 is 2.45 bits per heavy atom. The van der Waals surface area contributed by atoms with Gasteiger partial charge in [-0.15, -0.1) is 0 Å². The summed E-state index contributed by atoms with van der Waals surface area (Å²) in [6, 6.07) is 0. The van der Waals surface area contributed by atoms with Crippen LogP contribution in [0.4, 0.5) is 0 Å². The van der Waals surface area contributed by atoms with Crippen molar-refractivity contribution in [2.75, 3.05) is 6.54 Å². The van der Waals surface area contributed by atoms with Crippen molar-refractivity contribution in [1.29, 1.82) is 0 Å². The highest BCUT2D eigenvalue weighted by molar-refractivity contribution is 7.06. The molecule has 3 heteroatoms. The maximum absolute atomic E-state index is 4.24. The van der Waals surface area contributed by atoms with Crippen LogP contribution in [-0.4, -0.2) is 10.9 Å². The number of nitrogens with zero attached hydrogens (tertiary/aromatic N) is 1. The number of aromatic nitrogens is 1. The van der Waals surface area contributed by atoms with Crippen molar-refractivity contribution in [3.63, 3.8) is 0 Å². The van der Waals surface area contributed by atoms with Crippen LogP contribution in [0.15, 0.2) is 6.20 Å². The summed E-state index contributed by atoms with van der Waals surface area (Å²) >= 11 is 1.70. The van der Waals surface area contributed by atoms with Gasteiger partial charge < -0.3 is 5.32 Å². The second kappa shape index (κ2) is 1.84. The minimum absolute atomic E-state index is 0.536. The van der Waals surface area contributed by atoms with Gasteiger partial charge in [0.25, 0.3) is 0 Å². The average molecular weight is 166 g/mol. The number of nitrogens with one attached hydrogen (secondary N) is 1. The van der Waals surface area contributed by atoms with Crippen LogP contribution in [-0.2, 0) is 12.0 Å². The summed E-state index contributed by atoms with van der Waals surface area (Å²) in [5.74, 6) is 0. The van der Waals surface area contributed by atoms with Crippen molar-refractivity contribution < 1.29 is 0 Å². The Morgan fingerprint density at radius 1 is 1.55 bits per heavy atom. The van der Waals surface area contributed by atoms with Gasteiger partial charge in [0, 0.05) is 35.1 Å². The van der Waals surface area contributed by atoms with Crippen molar-refractivity contribution in [1.82, 2.24) is 9.69 Å². The lowest BCUT2D eigenvalue weighted by Crippen LogP contribution is -2.31. The van der Waals surface area contributed by atoms with Crippen LogP contribution in [0, 0.1) is 0 Å². The van der Waals surface area contributed by atoms with Crippen LogP contribution in [0.3, 0.4) is 0 Å². The van der Waals surface area contributed by atoms with Gasteiger partial charge in [0.05, 0.1) is 0 Å². The normalized spacial score (nSPS) is 25.1. The minimum atomic E-state index is 0.536. The summed E-state index contributed by atoms with van der Waals surface area (Å²) in [6.45, 7) is 2.22. The highest BCUT2D eigenvalue weighted by atomic mass is 32.1. The molecule has 0 saturated heterocycles. The van der Waals surface area contributed by atoms with Crippen molar-refractivity contribution in [3.8, 4) is 0 Å². The van der Waals surface area contributed by atoms with Crippen LogP contribution in [0.5, 0.6) is 0 Å². The Hall–Kier alpha value is -0.410. The molecule has 0 bridgehead atoms. The first kappa shape index (κ1) is 6.14. The van der Waals surface area contributed by atoms with E-state index in [1.54, 1.807) is 16.4 Å². The third-order valence-corrected chi connectivity index (χ3v) is 3.85. The smallest absolute Gasteiger partial charge is 0.0455 e. The van der Waals surface area contributed by atoms with Crippen molar-refractivity contribution in [3.05, 3.63) is 16.6 Å². The van der Waals surface area contributed by atoms with E-state index in [4.69, 9.17) is 0 Å². The highest BCUT2D eigenvalue weighted by Crippen LogP contribution is 2.51. The number of hydrogen-bond donors (Lipinski definition) is 1. The lowest BCUT2D eigenvalue weighted by molar-refractivity contribution is 0.541. The van der Waals surface area contributed by atoms with E-state index in [1.807, 2.05) is 6.20 Å². The molecule has 1 aliphatic carbocycles. The zero-order chi connectivity index (χ0) is 7.31. The predicted molar refractivity (Wildman–Crippen MR) is 44.7 cm³/mol. The van der Waals surface area contributed by atoms with E-state index in [1.165, 1.54) is 24.9 Å². The zero-order valence-electron chi connectivity index (χ0n) is 6.26. The highest BCUT2D eigenvalue weighted by Gasteiger charge is 2.48. The Bertz CT molecular complexity index is 288. The fourth-order valence-electron chi connectivity index (χ4n) is 1.89. The van der Waals surface area contributed by atoms with Gasteiger partial charge in [-0.05, 0) is 24.4 Å². The molecule has 1 fully saturated rings. The molecule has 1 N–H and O–H groups in total. The van der Waals surface area contributed by atoms with E-state index in [0.29, 0.717) is 5.41 Å². The first-order valence-electron chi connectivity index (χ1n) is 4.05. The molecule has 0 radical (unpaired) electrons. The minimum Gasteiger partial charge on any atom is -0.312 e. The van der Waals surface area contributed by atoms with Crippen LogP contribution in [0.25, 0.3) is 0 Å². The molecule has 3 rings (SSSR count). The summed E-state index contributed by atoms with van der Waals surface area (Å²) in [5, 5.41) is 3.45. The van der Waals surface area contributed by atoms with Gasteiger partial charge in [-0.25, -0.2) is 4.37 Å². The molecule has 58 valence electrons. The number of rotatable bonds is 0. The summed E-state index contributed by atoms with van der Waals surface area (Å²) in [4.78, 5) is 1.57. The maximum atomic E-state index is 4.24. The third-order valence-electron chi connectivity index (χ3n) is 2.76. The summed E-state index contributed by atoms with van der Waals surface area (Å²) in [6.07, 6.45) is 4.76. The van der Waals surface area contributed by atoms with Crippen molar-refractivity contribution >= 4 is 11.5 Å². The quantitative estimate of drug-likeness (QED) is 0.628. The van der Waals surface area contributed by atoms with Gasteiger partial charge in [0.15, 0.2) is 0 Å². The number of hydrogen-bond acceptors (Lipinski definition) is 3. The zero-order valence-corrected chi connectivity index (χ0v) is 7.08. The molecule has 11 heavy (non-hydrogen) atoms. The molecule has 0 atom stereocenters. The van der Waals surface area contributed by atoms with E-state index in [9.17, 15) is 0 Å². The lowest BCUT2D eigenvalue weighted by atomic mass is 9.98. The van der Waals surface area contributed by atoms with Gasteiger partial charge in [-0.2, -0.15) is 0 Å². The summed E-state index contributed by atoms with van der Waals surface area (Å²) < 4.78 is 4.24. The molecule has 0 aromatic carbocycles. The van der Waals surface area contributed by atoms with Crippen LogP contribution in [0.1, 0.15) is 23.3 Å². The second-order valence-corrected chi connectivity index (χ2v) is 4.37. The van der Waals surface area contributed by atoms with Crippen molar-refractivity contribution in [2.45, 2.75) is 24.8 Å². The molecule has 0 unspecified atom stereocenters. The monoisotopic (exact) mass is 166 g/mol. The molecular formula is C8H10N2S. The molecule has 2 nitrogen and oxygen atoms in total. The van der Waals surface area contributed by atoms with E-state index in [2.05, 4.69) is 9.69 Å². The Morgan fingerprint density at radius 3 is 3.27 bits per heavy atom. The molecule has 2 aliphatic rings. The van der Waals surface area contributed by atoms with Gasteiger partial charge in [0.1, 0.15) is 0 Å². The topological polar surface area (TPSA) is 24.9 Å². The molecular weight excluding hydrogens is 156 g/mol. The Balaban J connectivity index is 2.16. The van der Waals surface area contributed by atoms with E-state index >= 15 is 0 Å². The molecule has 1 spiro atoms. The Kier molecular flexibility index (Phi) is 1.03. The molecule has 2 heterocycles. The second-order valence-electron chi connectivity index (χ2n) is 3.56. The fourth-order valence-corrected chi connectivity index (χ4v) is 2.89. The van der Waals surface area contributed by atoms with Crippen LogP contribution in [0.2, 0.25) is 0 Å². The number of fused-ring (bicyclic) bond motifs is 2. The van der Waals surface area contributed by atoms with E-state index in [0.717, 1.165) is 6.54 Å². The fraction of sp³-hybridized carbons (Fsp3) is 0.625. The maximum Gasteiger partial charge on any atom is 0.0455 e. The standard InChI is InChI=1S/C8H10N2S/c1-2-8(1)5-9-3-6-4-10-11-7(6)8/h4,9H,1-3,5H2. The van der Waals surface area contributed by atoms with Gasteiger partial charge in [-0.1, -0.05) is 0 Å². The molecule has 1 saturated carbocycles. The first-order valence-corrected chi connectivity index (χ1v) is 4.83. The summed E-state index contributed by atoms with van der Waals surface area (Å²) in [5.41, 5.74) is 1.98. The largest absolute Gasteiger partial charge is 0.312 e. The van der Waals surface area contributed by atoms with Gasteiger partial charge in [0.2, 0.25) is 0 Å². The van der Waals surface area contributed by atoms with Crippen LogP contribution >= 0.6 is 11.5 Å². The van der Waals surface area contributed by atoms with Gasteiger partial charge in [-0.3, -0.25) is 0 Å².